The molecular weight excluding hydrogens is 397 g/mol. The molecule has 1 nitrogen and oxygen atoms in total. The summed E-state index contributed by atoms with van der Waals surface area (Å²) < 4.78 is 44.0. The molecule has 2 aromatic rings. The number of ether oxygens (including phenoxy) is 1. The molecule has 1 aliphatic carbocycles. The molecule has 2 aromatic carbocycles. The quantitative estimate of drug-likeness (QED) is 0.463. The van der Waals surface area contributed by atoms with E-state index in [0.717, 1.165) is 28.5 Å². The molecule has 1 heterocycles. The normalized spacial score (nSPS) is 24.9. The van der Waals surface area contributed by atoms with Crippen molar-refractivity contribution in [3.05, 3.63) is 53.6 Å². The average molecular weight is 431 g/mol. The minimum absolute atomic E-state index is 0.0154. The zero-order chi connectivity index (χ0) is 22.0. The first-order valence-corrected chi connectivity index (χ1v) is 11.8. The van der Waals surface area contributed by atoms with Gasteiger partial charge in [0.1, 0.15) is 5.75 Å². The van der Waals surface area contributed by atoms with E-state index in [2.05, 4.69) is 38.1 Å². The number of hydrogen-bond donors (Lipinski definition) is 0. The molecule has 31 heavy (non-hydrogen) atoms. The van der Waals surface area contributed by atoms with Crippen LogP contribution in [0.2, 0.25) is 0 Å². The van der Waals surface area contributed by atoms with Crippen molar-refractivity contribution >= 4 is 0 Å². The Balaban J connectivity index is 1.40. The molecule has 2 atom stereocenters. The number of alkyl halides is 3. The van der Waals surface area contributed by atoms with Crippen LogP contribution in [0.1, 0.15) is 75.8 Å². The number of aryl methyl sites for hydroxylation is 1. The van der Waals surface area contributed by atoms with E-state index in [0.29, 0.717) is 18.1 Å². The van der Waals surface area contributed by atoms with Crippen LogP contribution in [0.15, 0.2) is 42.5 Å². The molecule has 1 fully saturated rings. The molecule has 2 aliphatic rings. The number of fused-ring (bicyclic) bond motifs is 1. The molecule has 4 rings (SSSR count). The third kappa shape index (κ3) is 5.10. The molecule has 168 valence electrons. The van der Waals surface area contributed by atoms with Gasteiger partial charge in [0.15, 0.2) is 6.10 Å². The summed E-state index contributed by atoms with van der Waals surface area (Å²) in [4.78, 5) is 0. The zero-order valence-corrected chi connectivity index (χ0v) is 18.5. The van der Waals surface area contributed by atoms with E-state index >= 15 is 0 Å². The Bertz CT molecular complexity index is 863. The van der Waals surface area contributed by atoms with Crippen LogP contribution in [-0.4, -0.2) is 12.3 Å². The Hall–Kier alpha value is -1.97. The summed E-state index contributed by atoms with van der Waals surface area (Å²) in [6.45, 7) is 4.69. The maximum atomic E-state index is 12.9. The Morgan fingerprint density at radius 3 is 2.26 bits per heavy atom. The van der Waals surface area contributed by atoms with Crippen molar-refractivity contribution in [3.63, 3.8) is 0 Å². The van der Waals surface area contributed by atoms with Crippen molar-refractivity contribution in [2.75, 3.05) is 0 Å². The van der Waals surface area contributed by atoms with Crippen molar-refractivity contribution in [2.24, 2.45) is 11.8 Å². The van der Waals surface area contributed by atoms with Crippen LogP contribution in [0.5, 0.6) is 5.75 Å². The van der Waals surface area contributed by atoms with Crippen LogP contribution in [-0.2, 0) is 6.42 Å². The summed E-state index contributed by atoms with van der Waals surface area (Å²) in [7, 11) is 0. The molecule has 0 N–H and O–H groups in total. The van der Waals surface area contributed by atoms with Gasteiger partial charge in [0, 0.05) is 0 Å². The molecular formula is C27H33F3O. The van der Waals surface area contributed by atoms with Gasteiger partial charge in [0.2, 0.25) is 0 Å². The third-order valence-electron chi connectivity index (χ3n) is 7.41. The smallest absolute Gasteiger partial charge is 0.425 e. The fourth-order valence-electron chi connectivity index (χ4n) is 5.46. The van der Waals surface area contributed by atoms with Crippen LogP contribution < -0.4 is 4.74 Å². The molecule has 0 saturated heterocycles. The molecule has 1 aliphatic heterocycles. The largest absolute Gasteiger partial charge is 0.481 e. The monoisotopic (exact) mass is 430 g/mol. The fraction of sp³-hybridized carbons (Fsp3) is 0.556. The number of rotatable bonds is 5. The summed E-state index contributed by atoms with van der Waals surface area (Å²) in [6.07, 6.45) is 2.21. The summed E-state index contributed by atoms with van der Waals surface area (Å²) in [5, 5.41) is 0. The maximum absolute atomic E-state index is 12.9. The van der Waals surface area contributed by atoms with Crippen molar-refractivity contribution in [3.8, 4) is 16.9 Å². The lowest BCUT2D eigenvalue weighted by molar-refractivity contribution is -0.199. The highest BCUT2D eigenvalue weighted by atomic mass is 19.4. The predicted molar refractivity (Wildman–Crippen MR) is 119 cm³/mol. The highest BCUT2D eigenvalue weighted by molar-refractivity contribution is 5.66. The van der Waals surface area contributed by atoms with Gasteiger partial charge in [-0.1, -0.05) is 57.0 Å². The lowest BCUT2D eigenvalue weighted by Gasteiger charge is -2.32. The highest BCUT2D eigenvalue weighted by Gasteiger charge is 2.43. The first-order valence-electron chi connectivity index (χ1n) is 11.8. The first-order chi connectivity index (χ1) is 14.8. The van der Waals surface area contributed by atoms with E-state index in [9.17, 15) is 13.2 Å². The molecule has 0 amide bonds. The Morgan fingerprint density at radius 1 is 0.935 bits per heavy atom. The Kier molecular flexibility index (Phi) is 6.64. The fourth-order valence-corrected chi connectivity index (χ4v) is 5.46. The second-order valence-electron chi connectivity index (χ2n) is 9.51. The summed E-state index contributed by atoms with van der Waals surface area (Å²) in [6, 6.07) is 14.3. The maximum Gasteiger partial charge on any atom is 0.425 e. The predicted octanol–water partition coefficient (Wildman–Crippen LogP) is 8.32. The van der Waals surface area contributed by atoms with Crippen LogP contribution >= 0.6 is 0 Å². The number of hydrogen-bond acceptors (Lipinski definition) is 1. The van der Waals surface area contributed by atoms with Gasteiger partial charge in [0.05, 0.1) is 0 Å². The van der Waals surface area contributed by atoms with Crippen LogP contribution in [0.3, 0.4) is 0 Å². The molecule has 4 heteroatoms. The summed E-state index contributed by atoms with van der Waals surface area (Å²) in [5.74, 6) is 2.73. The number of halogens is 3. The lowest BCUT2D eigenvalue weighted by atomic mass is 9.73. The topological polar surface area (TPSA) is 9.23 Å². The van der Waals surface area contributed by atoms with Gasteiger partial charge < -0.3 is 4.74 Å². The second kappa shape index (κ2) is 9.26. The average Bonchev–Trinajstić information content (AvgIpc) is 2.78. The number of benzene rings is 2. The third-order valence-corrected chi connectivity index (χ3v) is 7.41. The molecule has 0 spiro atoms. The molecule has 1 saturated carbocycles. The zero-order valence-electron chi connectivity index (χ0n) is 18.5. The SMILES string of the molecule is CCCC(C)C1CCC(c2ccc(-c3ccc4c(c3)CCC(C(F)(F)F)O4)cc2)CC1. The van der Waals surface area contributed by atoms with E-state index in [4.69, 9.17) is 4.74 Å². The minimum atomic E-state index is -4.31. The lowest BCUT2D eigenvalue weighted by Crippen LogP contribution is -2.37. The Morgan fingerprint density at radius 2 is 1.61 bits per heavy atom. The van der Waals surface area contributed by atoms with E-state index < -0.39 is 12.3 Å². The van der Waals surface area contributed by atoms with Gasteiger partial charge in [-0.2, -0.15) is 13.2 Å². The van der Waals surface area contributed by atoms with Gasteiger partial charge in [-0.15, -0.1) is 0 Å². The summed E-state index contributed by atoms with van der Waals surface area (Å²) in [5.41, 5.74) is 4.42. The van der Waals surface area contributed by atoms with Gasteiger partial charge in [-0.25, -0.2) is 0 Å². The summed E-state index contributed by atoms with van der Waals surface area (Å²) >= 11 is 0. The van der Waals surface area contributed by atoms with Crippen molar-refractivity contribution in [1.82, 2.24) is 0 Å². The standard InChI is InChI=1S/C27H33F3O/c1-3-4-18(2)19-5-7-20(8-6-19)21-9-11-22(12-10-21)23-13-15-25-24(17-23)14-16-26(31-25)27(28,29)30/h9-13,15,17-20,26H,3-8,14,16H2,1-2H3. The highest BCUT2D eigenvalue weighted by Crippen LogP contribution is 2.41. The van der Waals surface area contributed by atoms with Gasteiger partial charge in [-0.3, -0.25) is 0 Å². The van der Waals surface area contributed by atoms with Gasteiger partial charge in [0.25, 0.3) is 0 Å². The van der Waals surface area contributed by atoms with Crippen LogP contribution in [0.25, 0.3) is 11.1 Å². The Labute approximate surface area is 184 Å². The van der Waals surface area contributed by atoms with E-state index in [1.807, 2.05) is 12.1 Å². The second-order valence-corrected chi connectivity index (χ2v) is 9.51. The van der Waals surface area contributed by atoms with E-state index in [-0.39, 0.29) is 6.42 Å². The molecule has 0 radical (unpaired) electrons. The van der Waals surface area contributed by atoms with E-state index in [1.165, 1.54) is 44.1 Å². The van der Waals surface area contributed by atoms with E-state index in [1.54, 1.807) is 6.07 Å². The van der Waals surface area contributed by atoms with Gasteiger partial charge >= 0.3 is 6.18 Å². The first kappa shape index (κ1) is 22.2. The van der Waals surface area contributed by atoms with Crippen molar-refractivity contribution < 1.29 is 17.9 Å². The van der Waals surface area contributed by atoms with Gasteiger partial charge in [-0.05, 0) is 90.7 Å². The van der Waals surface area contributed by atoms with Crippen molar-refractivity contribution in [2.45, 2.75) is 83.4 Å². The molecule has 0 bridgehead atoms. The van der Waals surface area contributed by atoms with Crippen LogP contribution in [0.4, 0.5) is 13.2 Å². The van der Waals surface area contributed by atoms with Crippen molar-refractivity contribution in [1.29, 1.82) is 0 Å². The minimum Gasteiger partial charge on any atom is -0.481 e. The van der Waals surface area contributed by atoms with Crippen LogP contribution in [0, 0.1) is 11.8 Å². The molecule has 2 unspecified atom stereocenters. The molecule has 0 aromatic heterocycles.